The summed E-state index contributed by atoms with van der Waals surface area (Å²) in [5, 5.41) is 0. The minimum absolute atomic E-state index is 0.00364. The number of hydrogen-bond acceptors (Lipinski definition) is 5. The van der Waals surface area contributed by atoms with Crippen molar-refractivity contribution in [2.24, 2.45) is 5.73 Å². The third-order valence-corrected chi connectivity index (χ3v) is 3.36. The van der Waals surface area contributed by atoms with Crippen LogP contribution in [0.25, 0.3) is 0 Å². The Balaban J connectivity index is 2.12. The van der Waals surface area contributed by atoms with Gasteiger partial charge in [-0.2, -0.15) is 0 Å². The molecular formula is C15H21NO4. The Labute approximate surface area is 119 Å². The fourth-order valence-electron chi connectivity index (χ4n) is 2.15. The predicted molar refractivity (Wildman–Crippen MR) is 74.1 cm³/mol. The number of hydrogen-bond donors (Lipinski definition) is 1. The second-order valence-corrected chi connectivity index (χ2v) is 4.85. The summed E-state index contributed by atoms with van der Waals surface area (Å²) >= 11 is 0. The molecule has 1 heterocycles. The summed E-state index contributed by atoms with van der Waals surface area (Å²) in [4.78, 5) is 12.2. The predicted octanol–water partition coefficient (Wildman–Crippen LogP) is 1.21. The van der Waals surface area contributed by atoms with Gasteiger partial charge in [-0.05, 0) is 18.9 Å². The molecule has 0 spiro atoms. The zero-order chi connectivity index (χ0) is 14.4. The molecule has 2 atom stereocenters. The maximum Gasteiger partial charge on any atom is 0.333 e. The SMILES string of the molecule is CCOC(=O)C(N)(COC1CCOC1)c1ccccc1. The van der Waals surface area contributed by atoms with Crippen LogP contribution >= 0.6 is 0 Å². The van der Waals surface area contributed by atoms with Crippen molar-refractivity contribution in [1.82, 2.24) is 0 Å². The molecule has 0 aliphatic carbocycles. The fraction of sp³-hybridized carbons (Fsp3) is 0.533. The Morgan fingerprint density at radius 2 is 2.20 bits per heavy atom. The van der Waals surface area contributed by atoms with Gasteiger partial charge in [-0.3, -0.25) is 0 Å². The van der Waals surface area contributed by atoms with Gasteiger partial charge in [0.1, 0.15) is 0 Å². The lowest BCUT2D eigenvalue weighted by Crippen LogP contribution is -2.50. The van der Waals surface area contributed by atoms with Crippen LogP contribution in [0.4, 0.5) is 0 Å². The Hall–Kier alpha value is -1.43. The molecule has 2 rings (SSSR count). The molecule has 0 aromatic heterocycles. The number of rotatable bonds is 6. The Kier molecular flexibility index (Phi) is 5.11. The van der Waals surface area contributed by atoms with Crippen LogP contribution in [0, 0.1) is 0 Å². The molecule has 110 valence electrons. The van der Waals surface area contributed by atoms with Crippen LogP contribution in [0.5, 0.6) is 0 Å². The molecule has 1 saturated heterocycles. The Bertz CT molecular complexity index is 431. The van der Waals surface area contributed by atoms with Crippen LogP contribution in [-0.4, -0.2) is 38.5 Å². The largest absolute Gasteiger partial charge is 0.464 e. The second-order valence-electron chi connectivity index (χ2n) is 4.85. The average molecular weight is 279 g/mol. The molecule has 1 aromatic carbocycles. The molecule has 5 heteroatoms. The standard InChI is InChI=1S/C15H21NO4/c1-2-19-14(17)15(16,12-6-4-3-5-7-12)11-20-13-8-9-18-10-13/h3-7,13H,2,8-11,16H2,1H3. The summed E-state index contributed by atoms with van der Waals surface area (Å²) in [6.45, 7) is 3.37. The van der Waals surface area contributed by atoms with Crippen molar-refractivity contribution >= 4 is 5.97 Å². The zero-order valence-electron chi connectivity index (χ0n) is 11.7. The normalized spacial score (nSPS) is 21.4. The first-order chi connectivity index (χ1) is 9.66. The van der Waals surface area contributed by atoms with Crippen molar-refractivity contribution in [3.8, 4) is 0 Å². The smallest absolute Gasteiger partial charge is 0.333 e. The quantitative estimate of drug-likeness (QED) is 0.793. The number of carbonyl (C=O) groups is 1. The van der Waals surface area contributed by atoms with Crippen LogP contribution < -0.4 is 5.73 Å². The minimum atomic E-state index is -1.28. The van der Waals surface area contributed by atoms with E-state index < -0.39 is 11.5 Å². The first kappa shape index (κ1) is 15.0. The summed E-state index contributed by atoms with van der Waals surface area (Å²) in [6, 6.07) is 9.18. The molecule has 5 nitrogen and oxygen atoms in total. The van der Waals surface area contributed by atoms with E-state index in [2.05, 4.69) is 0 Å². The molecule has 1 aliphatic rings. The molecule has 1 fully saturated rings. The van der Waals surface area contributed by atoms with Gasteiger partial charge in [0.25, 0.3) is 0 Å². The number of benzene rings is 1. The molecule has 2 unspecified atom stereocenters. The van der Waals surface area contributed by atoms with E-state index in [0.29, 0.717) is 18.8 Å². The first-order valence-corrected chi connectivity index (χ1v) is 6.88. The molecule has 0 bridgehead atoms. The van der Waals surface area contributed by atoms with Crippen molar-refractivity contribution in [1.29, 1.82) is 0 Å². The van der Waals surface area contributed by atoms with Gasteiger partial charge in [0.2, 0.25) is 0 Å². The second kappa shape index (κ2) is 6.83. The molecule has 0 saturated carbocycles. The maximum atomic E-state index is 12.2. The first-order valence-electron chi connectivity index (χ1n) is 6.88. The van der Waals surface area contributed by atoms with Gasteiger partial charge in [-0.25, -0.2) is 4.79 Å². The van der Waals surface area contributed by atoms with E-state index in [1.807, 2.05) is 30.3 Å². The number of esters is 1. The van der Waals surface area contributed by atoms with E-state index in [0.717, 1.165) is 6.42 Å². The van der Waals surface area contributed by atoms with E-state index in [1.54, 1.807) is 6.92 Å². The van der Waals surface area contributed by atoms with E-state index in [-0.39, 0.29) is 19.3 Å². The number of nitrogens with two attached hydrogens (primary N) is 1. The summed E-state index contributed by atoms with van der Waals surface area (Å²) in [5.74, 6) is -0.467. The van der Waals surface area contributed by atoms with Gasteiger partial charge in [0, 0.05) is 6.61 Å². The lowest BCUT2D eigenvalue weighted by Gasteiger charge is -2.28. The highest BCUT2D eigenvalue weighted by Crippen LogP contribution is 2.22. The minimum Gasteiger partial charge on any atom is -0.464 e. The molecule has 1 aromatic rings. The van der Waals surface area contributed by atoms with Gasteiger partial charge in [0.15, 0.2) is 5.54 Å². The van der Waals surface area contributed by atoms with Crippen molar-refractivity contribution in [2.75, 3.05) is 26.4 Å². The molecule has 2 N–H and O–H groups in total. The van der Waals surface area contributed by atoms with Crippen molar-refractivity contribution in [3.05, 3.63) is 35.9 Å². The highest BCUT2D eigenvalue weighted by atomic mass is 16.6. The molecular weight excluding hydrogens is 258 g/mol. The van der Waals surface area contributed by atoms with E-state index >= 15 is 0 Å². The molecule has 0 radical (unpaired) electrons. The number of ether oxygens (including phenoxy) is 3. The average Bonchev–Trinajstić information content (AvgIpc) is 2.99. The maximum absolute atomic E-state index is 12.2. The topological polar surface area (TPSA) is 70.8 Å². The zero-order valence-corrected chi connectivity index (χ0v) is 11.7. The van der Waals surface area contributed by atoms with Crippen molar-refractivity contribution < 1.29 is 19.0 Å². The Morgan fingerprint density at radius 3 is 2.80 bits per heavy atom. The summed E-state index contributed by atoms with van der Waals surface area (Å²) < 4.78 is 16.1. The highest BCUT2D eigenvalue weighted by Gasteiger charge is 2.39. The van der Waals surface area contributed by atoms with Crippen LogP contribution in [-0.2, 0) is 24.5 Å². The lowest BCUT2D eigenvalue weighted by atomic mass is 9.92. The van der Waals surface area contributed by atoms with Crippen LogP contribution in [0.3, 0.4) is 0 Å². The summed E-state index contributed by atoms with van der Waals surface area (Å²) in [5.41, 5.74) is 5.70. The third kappa shape index (κ3) is 3.36. The monoisotopic (exact) mass is 279 g/mol. The van der Waals surface area contributed by atoms with E-state index in [4.69, 9.17) is 19.9 Å². The van der Waals surface area contributed by atoms with Crippen LogP contribution in [0.1, 0.15) is 18.9 Å². The fourth-order valence-corrected chi connectivity index (χ4v) is 2.15. The molecule has 0 amide bonds. The van der Waals surface area contributed by atoms with E-state index in [9.17, 15) is 4.79 Å². The third-order valence-electron chi connectivity index (χ3n) is 3.36. The molecule has 1 aliphatic heterocycles. The van der Waals surface area contributed by atoms with E-state index in [1.165, 1.54) is 0 Å². The van der Waals surface area contributed by atoms with Crippen molar-refractivity contribution in [3.63, 3.8) is 0 Å². The summed E-state index contributed by atoms with van der Waals surface area (Å²) in [6.07, 6.45) is 0.823. The number of carbonyl (C=O) groups excluding carboxylic acids is 1. The van der Waals surface area contributed by atoms with Gasteiger partial charge < -0.3 is 19.9 Å². The Morgan fingerprint density at radius 1 is 1.45 bits per heavy atom. The van der Waals surface area contributed by atoms with Crippen LogP contribution in [0.15, 0.2) is 30.3 Å². The van der Waals surface area contributed by atoms with Gasteiger partial charge >= 0.3 is 5.97 Å². The molecule has 20 heavy (non-hydrogen) atoms. The highest BCUT2D eigenvalue weighted by molar-refractivity contribution is 5.82. The lowest BCUT2D eigenvalue weighted by molar-refractivity contribution is -0.153. The van der Waals surface area contributed by atoms with Crippen molar-refractivity contribution in [2.45, 2.75) is 25.0 Å². The van der Waals surface area contributed by atoms with Gasteiger partial charge in [-0.15, -0.1) is 0 Å². The van der Waals surface area contributed by atoms with Crippen LogP contribution in [0.2, 0.25) is 0 Å². The summed E-state index contributed by atoms with van der Waals surface area (Å²) in [7, 11) is 0. The van der Waals surface area contributed by atoms with Gasteiger partial charge in [-0.1, -0.05) is 30.3 Å². The van der Waals surface area contributed by atoms with Gasteiger partial charge in [0.05, 0.1) is 25.9 Å².